The van der Waals surface area contributed by atoms with E-state index in [1.807, 2.05) is 31.2 Å². The van der Waals surface area contributed by atoms with Gasteiger partial charge in [-0.05, 0) is 60.5 Å². The monoisotopic (exact) mass is 528 g/mol. The van der Waals surface area contributed by atoms with Crippen molar-refractivity contribution in [3.63, 3.8) is 0 Å². The maximum atomic E-state index is 12.9. The third kappa shape index (κ3) is 5.62. The third-order valence-electron chi connectivity index (χ3n) is 4.92. The van der Waals surface area contributed by atoms with E-state index in [9.17, 15) is 9.59 Å². The quantitative estimate of drug-likeness (QED) is 0.284. The highest BCUT2D eigenvalue weighted by Crippen LogP contribution is 2.38. The van der Waals surface area contributed by atoms with Crippen LogP contribution in [0.4, 0.5) is 11.4 Å². The molecule has 2 amide bonds. The number of nitrogens with zero attached hydrogens (tertiary/aromatic N) is 1. The maximum Gasteiger partial charge on any atom is 0.270 e. The molecule has 9 heteroatoms. The molecule has 1 N–H and O–H groups in total. The van der Waals surface area contributed by atoms with Crippen LogP contribution in [-0.4, -0.2) is 22.7 Å². The number of ether oxygens (including phenoxy) is 1. The summed E-state index contributed by atoms with van der Waals surface area (Å²) in [4.78, 5) is 27.0. The number of rotatable bonds is 6. The second kappa shape index (κ2) is 10.6. The van der Waals surface area contributed by atoms with Crippen LogP contribution in [0, 0.1) is 6.92 Å². The summed E-state index contributed by atoms with van der Waals surface area (Å²) in [5, 5.41) is 3.58. The molecule has 1 aliphatic heterocycles. The summed E-state index contributed by atoms with van der Waals surface area (Å²) in [6, 6.07) is 19.6. The Labute approximate surface area is 216 Å². The van der Waals surface area contributed by atoms with Crippen LogP contribution in [0.15, 0.2) is 71.6 Å². The SMILES string of the molecule is Cc1ccccc1NC(=O)COc1ccc(/C=C2\SC(=S)N(c3ccc(Cl)c(Cl)c3)C2=O)cc1. The molecule has 1 fully saturated rings. The van der Waals surface area contributed by atoms with Crippen LogP contribution in [0.1, 0.15) is 11.1 Å². The average molecular weight is 529 g/mol. The van der Waals surface area contributed by atoms with Gasteiger partial charge in [0.05, 0.1) is 20.6 Å². The van der Waals surface area contributed by atoms with Gasteiger partial charge in [0.1, 0.15) is 5.75 Å². The molecular formula is C25H18Cl2N2O3S2. The van der Waals surface area contributed by atoms with E-state index in [4.69, 9.17) is 40.2 Å². The second-order valence-electron chi connectivity index (χ2n) is 7.34. The van der Waals surface area contributed by atoms with Crippen molar-refractivity contribution in [2.75, 3.05) is 16.8 Å². The van der Waals surface area contributed by atoms with Gasteiger partial charge in [0, 0.05) is 5.69 Å². The molecule has 1 heterocycles. The maximum absolute atomic E-state index is 12.9. The number of hydrogen-bond donors (Lipinski definition) is 1. The Morgan fingerprint density at radius 1 is 1.09 bits per heavy atom. The number of carbonyl (C=O) groups excluding carboxylic acids is 2. The lowest BCUT2D eigenvalue weighted by Crippen LogP contribution is -2.27. The fourth-order valence-electron chi connectivity index (χ4n) is 3.17. The molecule has 5 nitrogen and oxygen atoms in total. The average Bonchev–Trinajstić information content (AvgIpc) is 3.09. The minimum atomic E-state index is -0.246. The summed E-state index contributed by atoms with van der Waals surface area (Å²) in [6.07, 6.45) is 1.76. The van der Waals surface area contributed by atoms with Crippen LogP contribution >= 0.6 is 47.2 Å². The summed E-state index contributed by atoms with van der Waals surface area (Å²) in [6.45, 7) is 1.81. The first-order valence-corrected chi connectivity index (χ1v) is 12.1. The van der Waals surface area contributed by atoms with E-state index in [2.05, 4.69) is 5.32 Å². The van der Waals surface area contributed by atoms with Crippen LogP contribution < -0.4 is 15.0 Å². The van der Waals surface area contributed by atoms with Gasteiger partial charge in [-0.3, -0.25) is 14.5 Å². The fraction of sp³-hybridized carbons (Fsp3) is 0.0800. The number of nitrogens with one attached hydrogen (secondary N) is 1. The molecule has 0 atom stereocenters. The Balaban J connectivity index is 1.39. The van der Waals surface area contributed by atoms with Crippen molar-refractivity contribution in [3.8, 4) is 5.75 Å². The van der Waals surface area contributed by atoms with Crippen molar-refractivity contribution in [3.05, 3.63) is 92.8 Å². The molecular weight excluding hydrogens is 511 g/mol. The van der Waals surface area contributed by atoms with Gasteiger partial charge in [0.2, 0.25) is 0 Å². The van der Waals surface area contributed by atoms with Crippen LogP contribution in [0.5, 0.6) is 5.75 Å². The molecule has 34 heavy (non-hydrogen) atoms. The van der Waals surface area contributed by atoms with E-state index < -0.39 is 0 Å². The van der Waals surface area contributed by atoms with Crippen molar-refractivity contribution >= 4 is 80.8 Å². The first-order valence-electron chi connectivity index (χ1n) is 10.1. The molecule has 1 aliphatic rings. The molecule has 1 saturated heterocycles. The molecule has 4 rings (SSSR count). The summed E-state index contributed by atoms with van der Waals surface area (Å²) < 4.78 is 5.99. The zero-order chi connectivity index (χ0) is 24.2. The predicted molar refractivity (Wildman–Crippen MR) is 144 cm³/mol. The Hall–Kier alpha value is -2.84. The Bertz CT molecular complexity index is 1310. The molecule has 0 aromatic heterocycles. The summed E-state index contributed by atoms with van der Waals surface area (Å²) in [7, 11) is 0. The van der Waals surface area contributed by atoms with E-state index in [-0.39, 0.29) is 18.4 Å². The Morgan fingerprint density at radius 3 is 2.53 bits per heavy atom. The van der Waals surface area contributed by atoms with E-state index in [0.29, 0.717) is 30.7 Å². The van der Waals surface area contributed by atoms with Gasteiger partial charge >= 0.3 is 0 Å². The number of thiocarbonyl (C=S) groups is 1. The van der Waals surface area contributed by atoms with Crippen LogP contribution in [-0.2, 0) is 9.59 Å². The highest BCUT2D eigenvalue weighted by molar-refractivity contribution is 8.27. The molecule has 0 bridgehead atoms. The highest BCUT2D eigenvalue weighted by atomic mass is 35.5. The van der Waals surface area contributed by atoms with Crippen molar-refractivity contribution in [2.24, 2.45) is 0 Å². The van der Waals surface area contributed by atoms with Crippen LogP contribution in [0.2, 0.25) is 10.0 Å². The number of thioether (sulfide) groups is 1. The lowest BCUT2D eigenvalue weighted by molar-refractivity contribution is -0.118. The zero-order valence-electron chi connectivity index (χ0n) is 17.9. The first-order chi connectivity index (χ1) is 16.3. The molecule has 3 aromatic rings. The zero-order valence-corrected chi connectivity index (χ0v) is 21.0. The Kier molecular flexibility index (Phi) is 7.58. The van der Waals surface area contributed by atoms with Gasteiger partial charge in [-0.2, -0.15) is 0 Å². The predicted octanol–water partition coefficient (Wildman–Crippen LogP) is 6.73. The van der Waals surface area contributed by atoms with Gasteiger partial charge in [0.15, 0.2) is 10.9 Å². The Morgan fingerprint density at radius 2 is 1.82 bits per heavy atom. The molecule has 0 aliphatic carbocycles. The van der Waals surface area contributed by atoms with Crippen molar-refractivity contribution in [1.82, 2.24) is 0 Å². The number of benzene rings is 3. The number of hydrogen-bond acceptors (Lipinski definition) is 5. The molecule has 0 spiro atoms. The number of carbonyl (C=O) groups is 2. The highest BCUT2D eigenvalue weighted by Gasteiger charge is 2.33. The van der Waals surface area contributed by atoms with Crippen molar-refractivity contribution in [1.29, 1.82) is 0 Å². The minimum Gasteiger partial charge on any atom is -0.484 e. The summed E-state index contributed by atoms with van der Waals surface area (Å²) in [5.41, 5.74) is 3.09. The van der Waals surface area contributed by atoms with Gasteiger partial charge in [-0.1, -0.05) is 77.5 Å². The van der Waals surface area contributed by atoms with Gasteiger partial charge < -0.3 is 10.1 Å². The molecule has 3 aromatic carbocycles. The minimum absolute atomic E-state index is 0.115. The van der Waals surface area contributed by atoms with Gasteiger partial charge in [-0.15, -0.1) is 0 Å². The van der Waals surface area contributed by atoms with E-state index in [0.717, 1.165) is 16.8 Å². The van der Waals surface area contributed by atoms with Crippen LogP contribution in [0.3, 0.4) is 0 Å². The summed E-state index contributed by atoms with van der Waals surface area (Å²) >= 11 is 18.7. The number of aryl methyl sites for hydroxylation is 1. The molecule has 0 unspecified atom stereocenters. The van der Waals surface area contributed by atoms with Gasteiger partial charge in [-0.25, -0.2) is 0 Å². The number of anilines is 2. The summed E-state index contributed by atoms with van der Waals surface area (Å²) in [5.74, 6) is 0.0615. The van der Waals surface area contributed by atoms with E-state index >= 15 is 0 Å². The van der Waals surface area contributed by atoms with Gasteiger partial charge in [0.25, 0.3) is 11.8 Å². The van der Waals surface area contributed by atoms with E-state index in [1.54, 1.807) is 48.5 Å². The van der Waals surface area contributed by atoms with Crippen LogP contribution in [0.25, 0.3) is 6.08 Å². The molecule has 172 valence electrons. The lowest BCUT2D eigenvalue weighted by atomic mass is 10.2. The standard InChI is InChI=1S/C25H18Cl2N2O3S2/c1-15-4-2-3-5-21(15)28-23(30)14-32-18-9-6-16(7-10-18)12-22-24(31)29(25(33)34-22)17-8-11-19(26)20(27)13-17/h2-13H,14H2,1H3,(H,28,30)/b22-12-. The van der Waals surface area contributed by atoms with E-state index in [1.165, 1.54) is 16.7 Å². The number of para-hydroxylation sites is 1. The second-order valence-corrected chi connectivity index (χ2v) is 9.83. The lowest BCUT2D eigenvalue weighted by Gasteiger charge is -2.15. The topological polar surface area (TPSA) is 58.6 Å². The number of amides is 2. The normalized spacial score (nSPS) is 14.6. The first kappa shape index (κ1) is 24.3. The third-order valence-corrected chi connectivity index (χ3v) is 6.96. The smallest absolute Gasteiger partial charge is 0.270 e. The number of halogens is 2. The van der Waals surface area contributed by atoms with Crippen molar-refractivity contribution in [2.45, 2.75) is 6.92 Å². The largest absolute Gasteiger partial charge is 0.484 e. The molecule has 0 radical (unpaired) electrons. The van der Waals surface area contributed by atoms with Crippen molar-refractivity contribution < 1.29 is 14.3 Å². The fourth-order valence-corrected chi connectivity index (χ4v) is 4.77. The molecule has 0 saturated carbocycles.